The first kappa shape index (κ1) is 22.5. The highest BCUT2D eigenvalue weighted by Gasteiger charge is 2.28. The largest absolute Gasteiger partial charge is 0.352 e. The van der Waals surface area contributed by atoms with E-state index >= 15 is 0 Å². The maximum atomic E-state index is 13.1. The van der Waals surface area contributed by atoms with Gasteiger partial charge in [-0.15, -0.1) is 0 Å². The van der Waals surface area contributed by atoms with Crippen molar-refractivity contribution in [2.75, 3.05) is 19.6 Å². The predicted molar refractivity (Wildman–Crippen MR) is 118 cm³/mol. The van der Waals surface area contributed by atoms with Crippen molar-refractivity contribution >= 4 is 26.8 Å². The van der Waals surface area contributed by atoms with Crippen LogP contribution in [0.2, 0.25) is 0 Å². The van der Waals surface area contributed by atoms with Crippen LogP contribution in [0.3, 0.4) is 0 Å². The van der Waals surface area contributed by atoms with Crippen molar-refractivity contribution in [1.82, 2.24) is 14.2 Å². The van der Waals surface area contributed by atoms with Gasteiger partial charge < -0.3 is 9.88 Å². The molecule has 0 bridgehead atoms. The molecule has 164 valence electrons. The summed E-state index contributed by atoms with van der Waals surface area (Å²) >= 11 is 0. The molecule has 0 spiro atoms. The summed E-state index contributed by atoms with van der Waals surface area (Å²) in [6, 6.07) is 4.59. The van der Waals surface area contributed by atoms with Gasteiger partial charge in [0.1, 0.15) is 5.56 Å². The number of carbonyl (C=O) groups excluding carboxylic acids is 1. The van der Waals surface area contributed by atoms with Crippen molar-refractivity contribution in [3.63, 3.8) is 0 Å². The van der Waals surface area contributed by atoms with Gasteiger partial charge in [0.25, 0.3) is 5.91 Å². The van der Waals surface area contributed by atoms with Crippen molar-refractivity contribution in [2.24, 2.45) is 18.9 Å². The maximum absolute atomic E-state index is 13.1. The molecule has 1 saturated heterocycles. The van der Waals surface area contributed by atoms with Crippen LogP contribution in [-0.2, 0) is 17.1 Å². The Morgan fingerprint density at radius 3 is 2.53 bits per heavy atom. The molecule has 1 fully saturated rings. The number of pyridine rings is 1. The Morgan fingerprint density at radius 2 is 1.90 bits per heavy atom. The Bertz CT molecular complexity index is 1100. The zero-order valence-corrected chi connectivity index (χ0v) is 19.0. The third-order valence-corrected chi connectivity index (χ3v) is 7.69. The van der Waals surface area contributed by atoms with Crippen molar-refractivity contribution < 1.29 is 13.2 Å². The first-order valence-electron chi connectivity index (χ1n) is 10.5. The highest BCUT2D eigenvalue weighted by Crippen LogP contribution is 2.25. The fourth-order valence-electron chi connectivity index (χ4n) is 3.74. The van der Waals surface area contributed by atoms with E-state index in [0.717, 1.165) is 19.3 Å². The van der Waals surface area contributed by atoms with E-state index in [1.54, 1.807) is 17.7 Å². The molecule has 0 radical (unpaired) electrons. The van der Waals surface area contributed by atoms with Gasteiger partial charge in [0, 0.05) is 38.3 Å². The van der Waals surface area contributed by atoms with Crippen LogP contribution in [0.15, 0.2) is 34.1 Å². The number of aromatic nitrogens is 1. The van der Waals surface area contributed by atoms with Crippen LogP contribution in [0.4, 0.5) is 0 Å². The Balaban J connectivity index is 1.98. The Morgan fingerprint density at radius 1 is 1.23 bits per heavy atom. The SMILES string of the molecule is CC(C)CCNC(=O)c1cn(C)c2ccc(S(=O)(=O)N3CCC(C)CC3)cc2c1=O. The minimum atomic E-state index is -3.68. The molecule has 0 aliphatic carbocycles. The fraction of sp³-hybridized carbons (Fsp3) is 0.545. The van der Waals surface area contributed by atoms with Crippen LogP contribution in [0, 0.1) is 11.8 Å². The summed E-state index contributed by atoms with van der Waals surface area (Å²) < 4.78 is 29.4. The highest BCUT2D eigenvalue weighted by atomic mass is 32.2. The van der Waals surface area contributed by atoms with Crippen molar-refractivity contribution in [1.29, 1.82) is 0 Å². The second kappa shape index (κ2) is 8.89. The van der Waals surface area contributed by atoms with Gasteiger partial charge >= 0.3 is 0 Å². The fourth-order valence-corrected chi connectivity index (χ4v) is 5.23. The summed E-state index contributed by atoms with van der Waals surface area (Å²) in [4.78, 5) is 25.7. The number of fused-ring (bicyclic) bond motifs is 1. The number of carbonyl (C=O) groups is 1. The number of benzene rings is 1. The molecule has 8 heteroatoms. The second-order valence-electron chi connectivity index (χ2n) is 8.69. The van der Waals surface area contributed by atoms with Gasteiger partial charge in [-0.25, -0.2) is 8.42 Å². The molecule has 1 aromatic carbocycles. The molecule has 1 amide bonds. The first-order chi connectivity index (χ1) is 14.1. The molecule has 1 aliphatic heterocycles. The number of aryl methyl sites for hydroxylation is 1. The molecule has 1 aromatic heterocycles. The third kappa shape index (κ3) is 4.59. The van der Waals surface area contributed by atoms with Crippen LogP contribution in [-0.4, -0.2) is 42.8 Å². The first-order valence-corrected chi connectivity index (χ1v) is 12.0. The summed E-state index contributed by atoms with van der Waals surface area (Å²) in [7, 11) is -1.94. The summed E-state index contributed by atoms with van der Waals surface area (Å²) in [5, 5.41) is 3.02. The van der Waals surface area contributed by atoms with Gasteiger partial charge in [0.2, 0.25) is 15.5 Å². The number of hydrogen-bond acceptors (Lipinski definition) is 4. The Labute approximate surface area is 178 Å². The number of nitrogens with zero attached hydrogens (tertiary/aromatic N) is 2. The van der Waals surface area contributed by atoms with E-state index in [-0.39, 0.29) is 15.8 Å². The highest BCUT2D eigenvalue weighted by molar-refractivity contribution is 7.89. The zero-order chi connectivity index (χ0) is 22.1. The molecule has 30 heavy (non-hydrogen) atoms. The van der Waals surface area contributed by atoms with Crippen LogP contribution in [0.25, 0.3) is 10.9 Å². The normalized spacial score (nSPS) is 16.3. The van der Waals surface area contributed by atoms with Crippen molar-refractivity contribution in [3.8, 4) is 0 Å². The lowest BCUT2D eigenvalue weighted by atomic mass is 10.0. The Kier molecular flexibility index (Phi) is 6.67. The molecule has 1 aliphatic rings. The molecular formula is C22H31N3O4S. The predicted octanol–water partition coefficient (Wildman–Crippen LogP) is 2.74. The minimum absolute atomic E-state index is 0.0232. The number of nitrogens with one attached hydrogen (secondary N) is 1. The standard InChI is InChI=1S/C22H31N3O4S/c1-15(2)7-10-23-22(27)19-14-24(4)20-6-5-17(13-18(20)21(19)26)30(28,29)25-11-8-16(3)9-12-25/h5-6,13-16H,7-12H2,1-4H3,(H,23,27). The second-order valence-corrected chi connectivity index (χ2v) is 10.6. The lowest BCUT2D eigenvalue weighted by molar-refractivity contribution is 0.0950. The van der Waals surface area contributed by atoms with Crippen molar-refractivity contribution in [2.45, 2.75) is 44.9 Å². The summed E-state index contributed by atoms with van der Waals surface area (Å²) in [5.41, 5.74) is 0.162. The molecule has 2 heterocycles. The van der Waals surface area contributed by atoms with Gasteiger partial charge in [-0.05, 0) is 49.3 Å². The van der Waals surface area contributed by atoms with Crippen LogP contribution >= 0.6 is 0 Å². The van der Waals surface area contributed by atoms with E-state index in [4.69, 9.17) is 0 Å². The smallest absolute Gasteiger partial charge is 0.256 e. The van der Waals surface area contributed by atoms with E-state index in [0.29, 0.717) is 37.0 Å². The van der Waals surface area contributed by atoms with E-state index in [2.05, 4.69) is 26.1 Å². The number of piperidine rings is 1. The lowest BCUT2D eigenvalue weighted by Crippen LogP contribution is -2.38. The van der Waals surface area contributed by atoms with Crippen molar-refractivity contribution in [3.05, 3.63) is 40.2 Å². The Hall–Kier alpha value is -2.19. The van der Waals surface area contributed by atoms with Crippen LogP contribution in [0.5, 0.6) is 0 Å². The van der Waals surface area contributed by atoms with Crippen LogP contribution in [0.1, 0.15) is 50.4 Å². The average molecular weight is 434 g/mol. The van der Waals surface area contributed by atoms with Gasteiger partial charge in [-0.3, -0.25) is 9.59 Å². The zero-order valence-electron chi connectivity index (χ0n) is 18.1. The molecule has 3 rings (SSSR count). The van der Waals surface area contributed by atoms with Gasteiger partial charge in [-0.2, -0.15) is 4.31 Å². The van der Waals surface area contributed by atoms with Crippen LogP contribution < -0.4 is 10.7 Å². The summed E-state index contributed by atoms with van der Waals surface area (Å²) in [6.07, 6.45) is 3.98. The van der Waals surface area contributed by atoms with E-state index in [9.17, 15) is 18.0 Å². The van der Waals surface area contributed by atoms with E-state index < -0.39 is 21.4 Å². The summed E-state index contributed by atoms with van der Waals surface area (Å²) in [6.45, 7) is 7.70. The van der Waals surface area contributed by atoms with Gasteiger partial charge in [-0.1, -0.05) is 20.8 Å². The molecule has 0 unspecified atom stereocenters. The summed E-state index contributed by atoms with van der Waals surface area (Å²) in [5.74, 6) is 0.517. The quantitative estimate of drug-likeness (QED) is 0.759. The maximum Gasteiger partial charge on any atom is 0.256 e. The molecule has 7 nitrogen and oxygen atoms in total. The van der Waals surface area contributed by atoms with E-state index in [1.165, 1.54) is 22.6 Å². The van der Waals surface area contributed by atoms with Gasteiger partial charge in [0.15, 0.2) is 0 Å². The van der Waals surface area contributed by atoms with Gasteiger partial charge in [0.05, 0.1) is 10.4 Å². The average Bonchev–Trinajstić information content (AvgIpc) is 2.70. The monoisotopic (exact) mass is 433 g/mol. The number of amides is 1. The number of rotatable bonds is 6. The number of sulfonamides is 1. The molecule has 1 N–H and O–H groups in total. The topological polar surface area (TPSA) is 88.5 Å². The molecule has 0 saturated carbocycles. The molecule has 2 aromatic rings. The van der Waals surface area contributed by atoms with E-state index in [1.807, 2.05) is 0 Å². The molecular weight excluding hydrogens is 402 g/mol. The lowest BCUT2D eigenvalue weighted by Gasteiger charge is -2.29. The molecule has 0 atom stereocenters. The number of hydrogen-bond donors (Lipinski definition) is 1. The third-order valence-electron chi connectivity index (χ3n) is 5.79. The minimum Gasteiger partial charge on any atom is -0.352 e.